The molecule has 0 aliphatic heterocycles. The lowest BCUT2D eigenvalue weighted by atomic mass is 10.4. The highest BCUT2D eigenvalue weighted by molar-refractivity contribution is 7.89. The van der Waals surface area contributed by atoms with Crippen LogP contribution in [0.2, 0.25) is 0 Å². The Balaban J connectivity index is 2.31. The Morgan fingerprint density at radius 3 is 2.75 bits per heavy atom. The second-order valence-corrected chi connectivity index (χ2v) is 5.92. The maximum absolute atomic E-state index is 12.1. The van der Waals surface area contributed by atoms with E-state index in [9.17, 15) is 8.42 Å². The van der Waals surface area contributed by atoms with Gasteiger partial charge >= 0.3 is 0 Å². The van der Waals surface area contributed by atoms with E-state index in [1.165, 1.54) is 0 Å². The lowest BCUT2D eigenvalue weighted by molar-refractivity contribution is 0.576. The van der Waals surface area contributed by atoms with Gasteiger partial charge in [0.05, 0.1) is 11.4 Å². The molecule has 4 N–H and O–H groups in total. The third-order valence-corrected chi connectivity index (χ3v) is 4.53. The van der Waals surface area contributed by atoms with Crippen LogP contribution in [0.1, 0.15) is 24.7 Å². The van der Waals surface area contributed by atoms with Gasteiger partial charge in [0.2, 0.25) is 10.0 Å². The van der Waals surface area contributed by atoms with E-state index in [2.05, 4.69) is 14.9 Å². The molecule has 0 bridgehead atoms. The van der Waals surface area contributed by atoms with Crippen molar-refractivity contribution in [3.05, 3.63) is 11.4 Å². The molecule has 1 aromatic heterocycles. The lowest BCUT2D eigenvalue weighted by Gasteiger charge is -2.06. The first-order chi connectivity index (χ1) is 7.45. The number of aromatic amines is 1. The number of aryl methyl sites for hydroxylation is 1. The molecule has 2 atom stereocenters. The summed E-state index contributed by atoms with van der Waals surface area (Å²) < 4.78 is 26.8. The first-order valence-electron chi connectivity index (χ1n) is 5.22. The molecule has 1 fully saturated rings. The predicted octanol–water partition coefficient (Wildman–Crippen LogP) is -0.136. The van der Waals surface area contributed by atoms with Crippen molar-refractivity contribution in [2.45, 2.75) is 37.8 Å². The Bertz CT molecular complexity index is 494. The van der Waals surface area contributed by atoms with Crippen LogP contribution in [-0.4, -0.2) is 24.7 Å². The molecule has 1 aromatic rings. The fourth-order valence-corrected chi connectivity index (χ4v) is 3.44. The molecule has 0 saturated heterocycles. The molecule has 90 valence electrons. The second-order valence-electron chi connectivity index (χ2n) is 4.27. The average molecular weight is 244 g/mol. The number of hydrogen-bond donors (Lipinski definition) is 3. The van der Waals surface area contributed by atoms with E-state index in [-0.39, 0.29) is 17.5 Å². The van der Waals surface area contributed by atoms with E-state index in [1.54, 1.807) is 6.92 Å². The van der Waals surface area contributed by atoms with E-state index in [1.807, 2.05) is 6.92 Å². The highest BCUT2D eigenvalue weighted by atomic mass is 32.2. The largest absolute Gasteiger partial charge is 0.325 e. The van der Waals surface area contributed by atoms with E-state index in [0.29, 0.717) is 17.3 Å². The molecular formula is C9H16N4O2S. The number of sulfonamides is 1. The van der Waals surface area contributed by atoms with Crippen LogP contribution in [0.25, 0.3) is 0 Å². The van der Waals surface area contributed by atoms with Crippen LogP contribution in [0, 0.1) is 12.8 Å². The van der Waals surface area contributed by atoms with Gasteiger partial charge in [0.1, 0.15) is 4.90 Å². The van der Waals surface area contributed by atoms with Crippen molar-refractivity contribution >= 4 is 10.0 Å². The summed E-state index contributed by atoms with van der Waals surface area (Å²) in [6.07, 6.45) is 0.897. The number of aromatic nitrogens is 2. The number of nitrogens with two attached hydrogens (primary N) is 1. The highest BCUT2D eigenvalue weighted by Crippen LogP contribution is 2.31. The van der Waals surface area contributed by atoms with Crippen LogP contribution in [0.5, 0.6) is 0 Å². The van der Waals surface area contributed by atoms with Crippen LogP contribution in [0.15, 0.2) is 4.90 Å². The fraction of sp³-hybridized carbons (Fsp3) is 0.667. The topological polar surface area (TPSA) is 101 Å². The minimum atomic E-state index is -3.48. The van der Waals surface area contributed by atoms with E-state index in [4.69, 9.17) is 5.73 Å². The van der Waals surface area contributed by atoms with Gasteiger partial charge < -0.3 is 5.73 Å². The Morgan fingerprint density at radius 1 is 1.62 bits per heavy atom. The smallest absolute Gasteiger partial charge is 0.244 e. The maximum atomic E-state index is 12.1. The maximum Gasteiger partial charge on any atom is 0.244 e. The fourth-order valence-electron chi connectivity index (χ4n) is 1.71. The van der Waals surface area contributed by atoms with Crippen LogP contribution in [-0.2, 0) is 16.6 Å². The van der Waals surface area contributed by atoms with Crippen molar-refractivity contribution in [1.82, 2.24) is 14.9 Å². The van der Waals surface area contributed by atoms with Crippen molar-refractivity contribution in [2.24, 2.45) is 11.7 Å². The van der Waals surface area contributed by atoms with Crippen molar-refractivity contribution < 1.29 is 8.42 Å². The summed E-state index contributed by atoms with van der Waals surface area (Å²) in [6, 6.07) is 0.0601. The summed E-state index contributed by atoms with van der Waals surface area (Å²) in [7, 11) is -3.48. The lowest BCUT2D eigenvalue weighted by Crippen LogP contribution is -2.28. The number of nitrogens with one attached hydrogen (secondary N) is 2. The zero-order chi connectivity index (χ0) is 11.9. The Hall–Kier alpha value is -0.920. The first kappa shape index (κ1) is 11.6. The molecule has 1 aliphatic carbocycles. The Labute approximate surface area is 94.7 Å². The number of rotatable bonds is 4. The van der Waals surface area contributed by atoms with Crippen molar-refractivity contribution in [3.8, 4) is 0 Å². The Morgan fingerprint density at radius 2 is 2.25 bits per heavy atom. The molecule has 0 amide bonds. The quantitative estimate of drug-likeness (QED) is 0.686. The molecule has 1 heterocycles. The van der Waals surface area contributed by atoms with E-state index < -0.39 is 10.0 Å². The summed E-state index contributed by atoms with van der Waals surface area (Å²) in [5.74, 6) is 0.420. The third kappa shape index (κ3) is 1.98. The van der Waals surface area contributed by atoms with Gasteiger partial charge in [0, 0.05) is 12.6 Å². The second kappa shape index (κ2) is 3.83. The van der Waals surface area contributed by atoms with Crippen LogP contribution >= 0.6 is 0 Å². The summed E-state index contributed by atoms with van der Waals surface area (Å²) in [4.78, 5) is 0.203. The molecule has 16 heavy (non-hydrogen) atoms. The van der Waals surface area contributed by atoms with Gasteiger partial charge in [-0.2, -0.15) is 5.10 Å². The van der Waals surface area contributed by atoms with Gasteiger partial charge in [-0.25, -0.2) is 13.1 Å². The zero-order valence-electron chi connectivity index (χ0n) is 9.32. The molecule has 6 nitrogen and oxygen atoms in total. The van der Waals surface area contributed by atoms with Crippen LogP contribution < -0.4 is 10.5 Å². The van der Waals surface area contributed by atoms with E-state index >= 15 is 0 Å². The molecule has 1 aliphatic rings. The van der Waals surface area contributed by atoms with Gasteiger partial charge in [-0.05, 0) is 19.3 Å². The van der Waals surface area contributed by atoms with Crippen LogP contribution in [0.3, 0.4) is 0 Å². The average Bonchev–Trinajstić information content (AvgIpc) is 2.74. The minimum Gasteiger partial charge on any atom is -0.325 e. The molecule has 1 saturated carbocycles. The summed E-state index contributed by atoms with van der Waals surface area (Å²) in [5, 5.41) is 6.53. The molecular weight excluding hydrogens is 228 g/mol. The predicted molar refractivity (Wildman–Crippen MR) is 59.1 cm³/mol. The van der Waals surface area contributed by atoms with Gasteiger partial charge in [0.25, 0.3) is 0 Å². The molecule has 0 spiro atoms. The van der Waals surface area contributed by atoms with Crippen molar-refractivity contribution in [2.75, 3.05) is 0 Å². The van der Waals surface area contributed by atoms with Gasteiger partial charge in [-0.1, -0.05) is 6.92 Å². The third-order valence-electron chi connectivity index (χ3n) is 2.84. The van der Waals surface area contributed by atoms with Gasteiger partial charge in [-0.3, -0.25) is 5.10 Å². The molecule has 2 rings (SSSR count). The van der Waals surface area contributed by atoms with Crippen LogP contribution in [0.4, 0.5) is 0 Å². The molecule has 0 radical (unpaired) electrons. The van der Waals surface area contributed by atoms with Gasteiger partial charge in [0.15, 0.2) is 0 Å². The van der Waals surface area contributed by atoms with Crippen molar-refractivity contribution in [3.63, 3.8) is 0 Å². The standard InChI is InChI=1S/C9H16N4O2S/c1-5-3-7(5)13-16(14,15)9-6(2)11-12-8(9)4-10/h5,7,13H,3-4,10H2,1-2H3,(H,11,12). The monoisotopic (exact) mass is 244 g/mol. The zero-order valence-corrected chi connectivity index (χ0v) is 10.1. The number of hydrogen-bond acceptors (Lipinski definition) is 4. The van der Waals surface area contributed by atoms with Crippen molar-refractivity contribution in [1.29, 1.82) is 0 Å². The molecule has 2 unspecified atom stereocenters. The Kier molecular flexibility index (Phi) is 2.77. The van der Waals surface area contributed by atoms with E-state index in [0.717, 1.165) is 6.42 Å². The summed E-state index contributed by atoms with van der Waals surface area (Å²) in [5.41, 5.74) is 6.38. The number of nitrogens with zero attached hydrogens (tertiary/aromatic N) is 1. The molecule has 0 aromatic carbocycles. The number of H-pyrrole nitrogens is 1. The SMILES string of the molecule is Cc1[nH]nc(CN)c1S(=O)(=O)NC1CC1C. The molecule has 7 heteroatoms. The normalized spacial score (nSPS) is 24.7. The first-order valence-corrected chi connectivity index (χ1v) is 6.70. The summed E-state index contributed by atoms with van der Waals surface area (Å²) >= 11 is 0. The highest BCUT2D eigenvalue weighted by Gasteiger charge is 2.37. The van der Waals surface area contributed by atoms with Gasteiger partial charge in [-0.15, -0.1) is 0 Å². The summed E-state index contributed by atoms with van der Waals surface area (Å²) in [6.45, 7) is 3.80. The minimum absolute atomic E-state index is 0.0601.